The number of anilines is 1. The van der Waals surface area contributed by atoms with Gasteiger partial charge in [-0.25, -0.2) is 9.97 Å². The number of hydrogen-bond donors (Lipinski definition) is 1. The second-order valence-corrected chi connectivity index (χ2v) is 7.14. The molecule has 2 aromatic rings. The van der Waals surface area contributed by atoms with Gasteiger partial charge in [-0.3, -0.25) is 4.79 Å². The van der Waals surface area contributed by atoms with Crippen molar-refractivity contribution < 1.29 is 4.79 Å². The Balaban J connectivity index is 1.58. The van der Waals surface area contributed by atoms with Gasteiger partial charge in [0.15, 0.2) is 0 Å². The fourth-order valence-corrected chi connectivity index (χ4v) is 3.61. The molecule has 1 aromatic heterocycles. The van der Waals surface area contributed by atoms with Crippen LogP contribution in [0.2, 0.25) is 0 Å². The van der Waals surface area contributed by atoms with Gasteiger partial charge in [0.25, 0.3) is 0 Å². The summed E-state index contributed by atoms with van der Waals surface area (Å²) in [5.74, 6) is 0.945. The van der Waals surface area contributed by atoms with Crippen molar-refractivity contribution in [1.29, 1.82) is 0 Å². The Labute approximate surface area is 162 Å². The molecule has 144 valence electrons. The average molecular weight is 367 g/mol. The van der Waals surface area contributed by atoms with E-state index in [4.69, 9.17) is 4.98 Å². The van der Waals surface area contributed by atoms with Crippen molar-refractivity contribution in [1.82, 2.24) is 15.3 Å². The molecule has 5 nitrogen and oxygen atoms in total. The zero-order chi connectivity index (χ0) is 19.2. The maximum Gasteiger partial charge on any atom is 0.225 e. The lowest BCUT2D eigenvalue weighted by molar-refractivity contribution is -0.125. The van der Waals surface area contributed by atoms with Gasteiger partial charge < -0.3 is 10.2 Å². The van der Waals surface area contributed by atoms with Gasteiger partial charge in [0.05, 0.1) is 0 Å². The van der Waals surface area contributed by atoms with E-state index in [2.05, 4.69) is 60.2 Å². The van der Waals surface area contributed by atoms with Gasteiger partial charge in [-0.2, -0.15) is 0 Å². The number of carbonyl (C=O) groups excluding carboxylic acids is 1. The Bertz CT molecular complexity index is 768. The fourth-order valence-electron chi connectivity index (χ4n) is 3.61. The van der Waals surface area contributed by atoms with E-state index >= 15 is 0 Å². The van der Waals surface area contributed by atoms with Gasteiger partial charge in [-0.1, -0.05) is 31.2 Å². The van der Waals surface area contributed by atoms with Crippen LogP contribution in [0.5, 0.6) is 0 Å². The number of fused-ring (bicyclic) bond motifs is 1. The summed E-state index contributed by atoms with van der Waals surface area (Å²) in [7, 11) is 0. The standard InChI is InChI=1S/C22H30N4O/c1-4-16-7-9-17(10-8-16)14-23-21(27)18-11-12-20-19(13-18)15-24-22(25-20)26(5-2)6-3/h7-10,15,18H,4-6,11-14H2,1-3H3,(H,23,27)/t18-/m1/s1. The number of nitrogens with zero attached hydrogens (tertiary/aromatic N) is 3. The third kappa shape index (κ3) is 4.65. The zero-order valence-electron chi connectivity index (χ0n) is 16.7. The van der Waals surface area contributed by atoms with Gasteiger partial charge >= 0.3 is 0 Å². The molecular weight excluding hydrogens is 336 g/mol. The smallest absolute Gasteiger partial charge is 0.225 e. The number of hydrogen-bond acceptors (Lipinski definition) is 4. The van der Waals surface area contributed by atoms with Gasteiger partial charge in [0.1, 0.15) is 0 Å². The van der Waals surface area contributed by atoms with Gasteiger partial charge in [-0.15, -0.1) is 0 Å². The molecule has 1 heterocycles. The number of aryl methyl sites for hydroxylation is 2. The molecule has 27 heavy (non-hydrogen) atoms. The van der Waals surface area contributed by atoms with Crippen molar-refractivity contribution in [3.63, 3.8) is 0 Å². The van der Waals surface area contributed by atoms with Crippen LogP contribution in [0.1, 0.15) is 49.6 Å². The van der Waals surface area contributed by atoms with Crippen LogP contribution in [0.25, 0.3) is 0 Å². The summed E-state index contributed by atoms with van der Waals surface area (Å²) in [6, 6.07) is 8.45. The molecule has 0 saturated carbocycles. The van der Waals surface area contributed by atoms with E-state index < -0.39 is 0 Å². The Morgan fingerprint density at radius 1 is 1.15 bits per heavy atom. The molecule has 0 aliphatic heterocycles. The zero-order valence-corrected chi connectivity index (χ0v) is 16.7. The van der Waals surface area contributed by atoms with Crippen LogP contribution < -0.4 is 10.2 Å². The Morgan fingerprint density at radius 2 is 1.85 bits per heavy atom. The third-order valence-electron chi connectivity index (χ3n) is 5.45. The molecule has 5 heteroatoms. The maximum absolute atomic E-state index is 12.6. The first kappa shape index (κ1) is 19.3. The van der Waals surface area contributed by atoms with Crippen LogP contribution in [-0.2, 0) is 30.6 Å². The van der Waals surface area contributed by atoms with E-state index in [0.29, 0.717) is 6.54 Å². The quantitative estimate of drug-likeness (QED) is 0.817. The summed E-state index contributed by atoms with van der Waals surface area (Å²) in [6.07, 6.45) is 5.37. The Kier molecular flexibility index (Phi) is 6.43. The molecule has 0 unspecified atom stereocenters. The Morgan fingerprint density at radius 3 is 2.52 bits per heavy atom. The van der Waals surface area contributed by atoms with E-state index in [9.17, 15) is 4.79 Å². The largest absolute Gasteiger partial charge is 0.352 e. The summed E-state index contributed by atoms with van der Waals surface area (Å²) in [4.78, 5) is 24.0. The summed E-state index contributed by atoms with van der Waals surface area (Å²) in [5.41, 5.74) is 4.68. The third-order valence-corrected chi connectivity index (χ3v) is 5.45. The summed E-state index contributed by atoms with van der Waals surface area (Å²) >= 11 is 0. The lowest BCUT2D eigenvalue weighted by Crippen LogP contribution is -2.34. The highest BCUT2D eigenvalue weighted by atomic mass is 16.1. The summed E-state index contributed by atoms with van der Waals surface area (Å²) in [6.45, 7) is 8.76. The van der Waals surface area contributed by atoms with E-state index in [-0.39, 0.29) is 11.8 Å². The molecule has 0 bridgehead atoms. The highest BCUT2D eigenvalue weighted by Crippen LogP contribution is 2.25. The molecule has 1 amide bonds. The highest BCUT2D eigenvalue weighted by molar-refractivity contribution is 5.79. The van der Waals surface area contributed by atoms with Gasteiger partial charge in [-0.05, 0) is 56.2 Å². The van der Waals surface area contributed by atoms with Crippen LogP contribution >= 0.6 is 0 Å². The molecule has 0 saturated heterocycles. The van der Waals surface area contributed by atoms with Crippen molar-refractivity contribution in [2.45, 2.75) is 53.0 Å². The second-order valence-electron chi connectivity index (χ2n) is 7.14. The minimum atomic E-state index is 0.00955. The fraction of sp³-hybridized carbons (Fsp3) is 0.500. The molecule has 1 N–H and O–H groups in total. The van der Waals surface area contributed by atoms with Crippen molar-refractivity contribution in [2.24, 2.45) is 5.92 Å². The SMILES string of the molecule is CCc1ccc(CNC(=O)[C@@H]2CCc3nc(N(CC)CC)ncc3C2)cc1. The van der Waals surface area contributed by atoms with Crippen LogP contribution in [0.4, 0.5) is 5.95 Å². The van der Waals surface area contributed by atoms with Crippen molar-refractivity contribution in [3.05, 3.63) is 52.8 Å². The van der Waals surface area contributed by atoms with Gasteiger partial charge in [0, 0.05) is 37.4 Å². The minimum absolute atomic E-state index is 0.00955. The number of aromatic nitrogens is 2. The van der Waals surface area contributed by atoms with Crippen LogP contribution in [0.15, 0.2) is 30.5 Å². The molecule has 1 atom stereocenters. The first-order chi connectivity index (χ1) is 13.1. The second kappa shape index (κ2) is 8.98. The molecule has 1 aliphatic carbocycles. The van der Waals surface area contributed by atoms with Crippen LogP contribution in [0, 0.1) is 5.92 Å². The van der Waals surface area contributed by atoms with E-state index in [1.165, 1.54) is 5.56 Å². The lowest BCUT2D eigenvalue weighted by atomic mass is 9.86. The van der Waals surface area contributed by atoms with Crippen LogP contribution in [-0.4, -0.2) is 29.0 Å². The lowest BCUT2D eigenvalue weighted by Gasteiger charge is -2.25. The molecule has 0 radical (unpaired) electrons. The summed E-state index contributed by atoms with van der Waals surface area (Å²) in [5, 5.41) is 3.10. The molecule has 1 aliphatic rings. The van der Waals surface area contributed by atoms with Crippen LogP contribution in [0.3, 0.4) is 0 Å². The number of amides is 1. The Hall–Kier alpha value is -2.43. The average Bonchev–Trinajstić information content (AvgIpc) is 2.72. The molecule has 3 rings (SSSR count). The summed E-state index contributed by atoms with van der Waals surface area (Å²) < 4.78 is 0. The molecule has 1 aromatic carbocycles. The first-order valence-corrected chi connectivity index (χ1v) is 10.1. The normalized spacial score (nSPS) is 15.9. The van der Waals surface area contributed by atoms with Crippen molar-refractivity contribution in [2.75, 3.05) is 18.0 Å². The molecular formula is C22H30N4O. The number of rotatable bonds is 7. The van der Waals surface area contributed by atoms with Crippen molar-refractivity contribution >= 4 is 11.9 Å². The van der Waals surface area contributed by atoms with E-state index in [1.807, 2.05) is 6.20 Å². The van der Waals surface area contributed by atoms with E-state index in [0.717, 1.165) is 61.5 Å². The number of benzene rings is 1. The predicted molar refractivity (Wildman–Crippen MR) is 109 cm³/mol. The maximum atomic E-state index is 12.6. The van der Waals surface area contributed by atoms with E-state index in [1.54, 1.807) is 0 Å². The highest BCUT2D eigenvalue weighted by Gasteiger charge is 2.26. The molecule has 0 spiro atoms. The number of nitrogens with one attached hydrogen (secondary N) is 1. The van der Waals surface area contributed by atoms with Crippen molar-refractivity contribution in [3.8, 4) is 0 Å². The van der Waals surface area contributed by atoms with Gasteiger partial charge in [0.2, 0.25) is 11.9 Å². The minimum Gasteiger partial charge on any atom is -0.352 e. The topological polar surface area (TPSA) is 58.1 Å². The predicted octanol–water partition coefficient (Wildman–Crippen LogP) is 3.31. The first-order valence-electron chi connectivity index (χ1n) is 10.1. The molecule has 0 fully saturated rings. The monoisotopic (exact) mass is 366 g/mol. The number of carbonyl (C=O) groups is 1.